The summed E-state index contributed by atoms with van der Waals surface area (Å²) in [5.41, 5.74) is 10.6. The lowest BCUT2D eigenvalue weighted by molar-refractivity contribution is 1.12. The van der Waals surface area contributed by atoms with Gasteiger partial charge < -0.3 is 11.1 Å². The Kier molecular flexibility index (Phi) is 1.74. The molecule has 2 aromatic carbocycles. The SMILES string of the molecule is N#Cc1c(N)n2c3c(cccc13)Nc1ccccc1-2. The van der Waals surface area contributed by atoms with Crippen molar-refractivity contribution in [2.45, 2.75) is 0 Å². The molecule has 1 aliphatic heterocycles. The number of nitriles is 1. The van der Waals surface area contributed by atoms with E-state index in [1.165, 1.54) is 0 Å². The first-order valence-corrected chi connectivity index (χ1v) is 6.00. The van der Waals surface area contributed by atoms with Crippen molar-refractivity contribution < 1.29 is 0 Å². The number of nitrogens with zero attached hydrogens (tertiary/aromatic N) is 2. The van der Waals surface area contributed by atoms with Gasteiger partial charge in [0.15, 0.2) is 0 Å². The molecule has 0 radical (unpaired) electrons. The summed E-state index contributed by atoms with van der Waals surface area (Å²) in [6.07, 6.45) is 0. The second-order valence-corrected chi connectivity index (χ2v) is 4.55. The summed E-state index contributed by atoms with van der Waals surface area (Å²) in [6.45, 7) is 0. The Morgan fingerprint density at radius 1 is 1.05 bits per heavy atom. The van der Waals surface area contributed by atoms with Gasteiger partial charge in [0, 0.05) is 5.39 Å². The van der Waals surface area contributed by atoms with E-state index in [4.69, 9.17) is 5.73 Å². The molecule has 4 heteroatoms. The third kappa shape index (κ3) is 1.11. The Morgan fingerprint density at radius 2 is 1.84 bits per heavy atom. The zero-order valence-corrected chi connectivity index (χ0v) is 10.0. The van der Waals surface area contributed by atoms with Crippen molar-refractivity contribution in [1.82, 2.24) is 4.57 Å². The van der Waals surface area contributed by atoms with Crippen LogP contribution in [0.15, 0.2) is 42.5 Å². The van der Waals surface area contributed by atoms with Crippen LogP contribution in [-0.2, 0) is 0 Å². The van der Waals surface area contributed by atoms with Gasteiger partial charge in [-0.05, 0) is 18.2 Å². The van der Waals surface area contributed by atoms with E-state index in [1.54, 1.807) is 0 Å². The van der Waals surface area contributed by atoms with Crippen LogP contribution in [0.25, 0.3) is 16.6 Å². The molecule has 2 heterocycles. The Labute approximate surface area is 109 Å². The molecule has 4 rings (SSSR count). The molecule has 0 atom stereocenters. The maximum absolute atomic E-state index is 9.32. The average molecular weight is 246 g/mol. The second kappa shape index (κ2) is 3.30. The van der Waals surface area contributed by atoms with Gasteiger partial charge in [-0.3, -0.25) is 4.57 Å². The fourth-order valence-electron chi connectivity index (χ4n) is 2.74. The molecule has 0 saturated carbocycles. The monoisotopic (exact) mass is 246 g/mol. The molecule has 0 saturated heterocycles. The third-order valence-corrected chi connectivity index (χ3v) is 3.55. The fourth-order valence-corrected chi connectivity index (χ4v) is 2.74. The Balaban J connectivity index is 2.27. The number of nitrogens with one attached hydrogen (secondary N) is 1. The van der Waals surface area contributed by atoms with E-state index in [2.05, 4.69) is 11.4 Å². The number of rotatable bonds is 0. The van der Waals surface area contributed by atoms with Gasteiger partial charge in [0.05, 0.1) is 22.6 Å². The van der Waals surface area contributed by atoms with E-state index in [0.717, 1.165) is 28.0 Å². The molecule has 0 aliphatic carbocycles. The molecule has 0 fully saturated rings. The van der Waals surface area contributed by atoms with Gasteiger partial charge in [0.1, 0.15) is 17.5 Å². The first kappa shape index (κ1) is 10.0. The summed E-state index contributed by atoms with van der Waals surface area (Å²) in [6, 6.07) is 16.0. The number of aromatic nitrogens is 1. The summed E-state index contributed by atoms with van der Waals surface area (Å²) in [5, 5.41) is 13.6. The highest BCUT2D eigenvalue weighted by Gasteiger charge is 2.23. The van der Waals surface area contributed by atoms with Crippen LogP contribution in [0.4, 0.5) is 17.2 Å². The van der Waals surface area contributed by atoms with E-state index in [-0.39, 0.29) is 0 Å². The van der Waals surface area contributed by atoms with Crippen molar-refractivity contribution in [3.8, 4) is 11.8 Å². The minimum atomic E-state index is 0.499. The van der Waals surface area contributed by atoms with E-state index < -0.39 is 0 Å². The normalized spacial score (nSPS) is 11.7. The molecule has 0 spiro atoms. The van der Waals surface area contributed by atoms with E-state index in [9.17, 15) is 5.26 Å². The third-order valence-electron chi connectivity index (χ3n) is 3.55. The summed E-state index contributed by atoms with van der Waals surface area (Å²) >= 11 is 0. The highest BCUT2D eigenvalue weighted by molar-refractivity contribution is 6.04. The van der Waals surface area contributed by atoms with E-state index in [0.29, 0.717) is 11.4 Å². The molecule has 4 nitrogen and oxygen atoms in total. The molecule has 0 unspecified atom stereocenters. The smallest absolute Gasteiger partial charge is 0.127 e. The number of anilines is 3. The first-order valence-electron chi connectivity index (χ1n) is 6.00. The van der Waals surface area contributed by atoms with Crippen LogP contribution >= 0.6 is 0 Å². The molecule has 90 valence electrons. The molecule has 1 aliphatic rings. The lowest BCUT2D eigenvalue weighted by Gasteiger charge is -2.21. The Bertz CT molecular complexity index is 868. The lowest BCUT2D eigenvalue weighted by atomic mass is 10.1. The van der Waals surface area contributed by atoms with Crippen LogP contribution in [0.5, 0.6) is 0 Å². The molecule has 3 aromatic rings. The molecular weight excluding hydrogens is 236 g/mol. The number of nitrogen functional groups attached to an aromatic ring is 1. The Hall–Kier alpha value is -2.93. The van der Waals surface area contributed by atoms with Crippen molar-refractivity contribution >= 4 is 28.1 Å². The van der Waals surface area contributed by atoms with E-state index in [1.807, 2.05) is 47.0 Å². The molecule has 0 amide bonds. The summed E-state index contributed by atoms with van der Waals surface area (Å²) in [7, 11) is 0. The molecule has 19 heavy (non-hydrogen) atoms. The zero-order valence-electron chi connectivity index (χ0n) is 10.0. The van der Waals surface area contributed by atoms with Gasteiger partial charge in [0.2, 0.25) is 0 Å². The largest absolute Gasteiger partial charge is 0.384 e. The summed E-state index contributed by atoms with van der Waals surface area (Å²) < 4.78 is 1.95. The van der Waals surface area contributed by atoms with Gasteiger partial charge >= 0.3 is 0 Å². The van der Waals surface area contributed by atoms with Gasteiger partial charge in [0.25, 0.3) is 0 Å². The van der Waals surface area contributed by atoms with Crippen LogP contribution in [0.1, 0.15) is 5.56 Å². The predicted molar refractivity (Wildman–Crippen MR) is 75.7 cm³/mol. The lowest BCUT2D eigenvalue weighted by Crippen LogP contribution is -2.09. The van der Waals surface area contributed by atoms with Gasteiger partial charge in [-0.15, -0.1) is 0 Å². The van der Waals surface area contributed by atoms with Crippen LogP contribution < -0.4 is 11.1 Å². The number of para-hydroxylation sites is 3. The minimum absolute atomic E-state index is 0.499. The van der Waals surface area contributed by atoms with Crippen molar-refractivity contribution in [2.24, 2.45) is 0 Å². The molecule has 0 bridgehead atoms. The van der Waals surface area contributed by atoms with Crippen molar-refractivity contribution in [1.29, 1.82) is 5.26 Å². The van der Waals surface area contributed by atoms with Crippen LogP contribution in [0.3, 0.4) is 0 Å². The van der Waals surface area contributed by atoms with Crippen LogP contribution in [-0.4, -0.2) is 4.57 Å². The van der Waals surface area contributed by atoms with Gasteiger partial charge in [-0.2, -0.15) is 5.26 Å². The standard InChI is InChI=1S/C15H10N4/c16-8-10-9-4-3-6-12-14(9)19(15(10)17)13-7-2-1-5-11(13)18-12/h1-7,18H,17H2. The number of hydrogen-bond acceptors (Lipinski definition) is 3. The molecular formula is C15H10N4. The number of hydrogen-bond donors (Lipinski definition) is 2. The predicted octanol–water partition coefficient (Wildman–Crippen LogP) is 3.14. The van der Waals surface area contributed by atoms with Gasteiger partial charge in [-0.25, -0.2) is 0 Å². The minimum Gasteiger partial charge on any atom is -0.384 e. The summed E-state index contributed by atoms with van der Waals surface area (Å²) in [4.78, 5) is 0. The fraction of sp³-hybridized carbons (Fsp3) is 0. The zero-order chi connectivity index (χ0) is 13.0. The van der Waals surface area contributed by atoms with E-state index >= 15 is 0 Å². The quantitative estimate of drug-likeness (QED) is 0.501. The number of nitrogens with two attached hydrogens (primary N) is 1. The van der Waals surface area contributed by atoms with Crippen molar-refractivity contribution in [2.75, 3.05) is 11.1 Å². The maximum Gasteiger partial charge on any atom is 0.127 e. The van der Waals surface area contributed by atoms with Crippen LogP contribution in [0, 0.1) is 11.3 Å². The molecule has 1 aromatic heterocycles. The Morgan fingerprint density at radius 3 is 2.68 bits per heavy atom. The van der Waals surface area contributed by atoms with Crippen molar-refractivity contribution in [3.63, 3.8) is 0 Å². The number of benzene rings is 2. The number of fused-ring (bicyclic) bond motifs is 2. The average Bonchev–Trinajstić information content (AvgIpc) is 2.73. The molecule has 3 N–H and O–H groups in total. The van der Waals surface area contributed by atoms with Crippen LogP contribution in [0.2, 0.25) is 0 Å². The maximum atomic E-state index is 9.32. The second-order valence-electron chi connectivity index (χ2n) is 4.55. The summed E-state index contributed by atoms with van der Waals surface area (Å²) in [5.74, 6) is 0.499. The topological polar surface area (TPSA) is 66.8 Å². The first-order chi connectivity index (χ1) is 9.31. The van der Waals surface area contributed by atoms with Gasteiger partial charge in [-0.1, -0.05) is 24.3 Å². The highest BCUT2D eigenvalue weighted by atomic mass is 15.1. The highest BCUT2D eigenvalue weighted by Crippen LogP contribution is 2.42. The van der Waals surface area contributed by atoms with Crippen molar-refractivity contribution in [3.05, 3.63) is 48.0 Å².